The summed E-state index contributed by atoms with van der Waals surface area (Å²) in [7, 11) is -3.23. The van der Waals surface area contributed by atoms with E-state index in [0.29, 0.717) is 18.6 Å². The third kappa shape index (κ3) is 6.80. The number of rotatable bonds is 10. The Morgan fingerprint density at radius 2 is 1.74 bits per heavy atom. The number of ether oxygens (including phenoxy) is 2. The summed E-state index contributed by atoms with van der Waals surface area (Å²) < 4.78 is 35.2. The van der Waals surface area contributed by atoms with Crippen LogP contribution in [-0.2, 0) is 21.1 Å². The highest BCUT2D eigenvalue weighted by Gasteiger charge is 2.39. The van der Waals surface area contributed by atoms with Crippen molar-refractivity contribution in [2.45, 2.75) is 45.9 Å². The topological polar surface area (TPSA) is 102 Å². The lowest BCUT2D eigenvalue weighted by molar-refractivity contribution is 0.0619. The lowest BCUT2D eigenvalue weighted by atomic mass is 10.0. The Hall–Kier alpha value is -2.91. The molecule has 0 aromatic heterocycles. The minimum absolute atomic E-state index is 0.0439. The Labute approximate surface area is 201 Å². The molecule has 1 heterocycles. The van der Waals surface area contributed by atoms with Crippen LogP contribution in [-0.4, -0.2) is 62.1 Å². The number of sulfone groups is 1. The van der Waals surface area contributed by atoms with Gasteiger partial charge in [-0.3, -0.25) is 15.0 Å². The summed E-state index contributed by atoms with van der Waals surface area (Å²) in [5.74, 6) is 0.357. The first-order valence-electron chi connectivity index (χ1n) is 11.4. The maximum atomic E-state index is 13.6. The zero-order valence-corrected chi connectivity index (χ0v) is 20.6. The van der Waals surface area contributed by atoms with E-state index in [9.17, 15) is 18.0 Å². The van der Waals surface area contributed by atoms with E-state index in [0.717, 1.165) is 16.9 Å². The highest BCUT2D eigenvalue weighted by Crippen LogP contribution is 2.24. The number of nitrogens with one attached hydrogen (secondary N) is 1. The number of benzene rings is 2. The Morgan fingerprint density at radius 1 is 1.06 bits per heavy atom. The van der Waals surface area contributed by atoms with Gasteiger partial charge in [-0.1, -0.05) is 42.0 Å². The molecule has 0 saturated carbocycles. The molecule has 2 aromatic rings. The number of Topliss-reactive ketones (excluding diaryl/α,β-unsaturated/α-hetero) is 1. The smallest absolute Gasteiger partial charge is 0.408 e. The van der Waals surface area contributed by atoms with Gasteiger partial charge in [0.1, 0.15) is 5.75 Å². The number of hydrogen-bond acceptors (Lipinski definition) is 7. The van der Waals surface area contributed by atoms with Crippen LogP contribution in [0.2, 0.25) is 0 Å². The summed E-state index contributed by atoms with van der Waals surface area (Å²) in [6.45, 7) is 6.46. The van der Waals surface area contributed by atoms with Gasteiger partial charge in [-0.05, 0) is 44.9 Å². The van der Waals surface area contributed by atoms with Gasteiger partial charge >= 0.3 is 6.09 Å². The zero-order valence-electron chi connectivity index (χ0n) is 19.8. The summed E-state index contributed by atoms with van der Waals surface area (Å²) in [5, 5.41) is 2.68. The molecule has 1 amide bonds. The second-order valence-electron chi connectivity index (χ2n) is 8.30. The number of aryl methyl sites for hydroxylation is 1. The summed E-state index contributed by atoms with van der Waals surface area (Å²) in [6.07, 6.45) is -1.45. The van der Waals surface area contributed by atoms with E-state index in [1.165, 1.54) is 0 Å². The molecule has 8 nitrogen and oxygen atoms in total. The Bertz CT molecular complexity index is 1080. The maximum absolute atomic E-state index is 13.6. The molecule has 2 aromatic carbocycles. The van der Waals surface area contributed by atoms with Gasteiger partial charge in [0.25, 0.3) is 0 Å². The molecule has 184 valence electrons. The van der Waals surface area contributed by atoms with Gasteiger partial charge in [-0.25, -0.2) is 13.2 Å². The lowest BCUT2D eigenvalue weighted by Crippen LogP contribution is -2.56. The van der Waals surface area contributed by atoms with E-state index in [1.807, 2.05) is 50.2 Å². The van der Waals surface area contributed by atoms with E-state index >= 15 is 0 Å². The van der Waals surface area contributed by atoms with Crippen molar-refractivity contribution in [3.63, 3.8) is 0 Å². The molecule has 2 unspecified atom stereocenters. The molecule has 1 aliphatic heterocycles. The third-order valence-electron chi connectivity index (χ3n) is 5.72. The van der Waals surface area contributed by atoms with Crippen LogP contribution in [0, 0.1) is 6.92 Å². The number of carbonyl (C=O) groups is 2. The normalized spacial score (nSPS) is 17.8. The van der Waals surface area contributed by atoms with Gasteiger partial charge in [0.15, 0.2) is 21.8 Å². The summed E-state index contributed by atoms with van der Waals surface area (Å²) in [6, 6.07) is 14.0. The second kappa shape index (κ2) is 11.5. The SMILES string of the molecule is CCOC(=O)NC(C(=O)c1ccc(C)cc1)N(Cc1ccc(OCC)cc1)C1CCS(=O)(=O)C1. The largest absolute Gasteiger partial charge is 0.494 e. The van der Waals surface area contributed by atoms with Crippen molar-refractivity contribution in [1.29, 1.82) is 0 Å². The van der Waals surface area contributed by atoms with Crippen LogP contribution in [0.15, 0.2) is 48.5 Å². The molecule has 9 heteroatoms. The van der Waals surface area contributed by atoms with Crippen LogP contribution in [0.4, 0.5) is 4.79 Å². The zero-order chi connectivity index (χ0) is 24.7. The average Bonchev–Trinajstić information content (AvgIpc) is 3.17. The Kier molecular flexibility index (Phi) is 8.68. The van der Waals surface area contributed by atoms with Gasteiger partial charge in [-0.2, -0.15) is 0 Å². The molecule has 1 N–H and O–H groups in total. The highest BCUT2D eigenvalue weighted by molar-refractivity contribution is 7.91. The number of amides is 1. The van der Waals surface area contributed by atoms with Crippen molar-refractivity contribution in [1.82, 2.24) is 10.2 Å². The minimum atomic E-state index is -3.23. The van der Waals surface area contributed by atoms with Crippen molar-refractivity contribution in [2.75, 3.05) is 24.7 Å². The maximum Gasteiger partial charge on any atom is 0.408 e. The molecular weight excluding hydrogens is 456 g/mol. The summed E-state index contributed by atoms with van der Waals surface area (Å²) in [5.41, 5.74) is 2.28. The molecule has 0 radical (unpaired) electrons. The molecule has 1 aliphatic rings. The first-order chi connectivity index (χ1) is 16.2. The fourth-order valence-corrected chi connectivity index (χ4v) is 5.74. The van der Waals surface area contributed by atoms with E-state index in [4.69, 9.17) is 9.47 Å². The van der Waals surface area contributed by atoms with Crippen LogP contribution in [0.5, 0.6) is 5.75 Å². The van der Waals surface area contributed by atoms with Gasteiger partial charge < -0.3 is 9.47 Å². The van der Waals surface area contributed by atoms with Crippen molar-refractivity contribution in [3.8, 4) is 5.75 Å². The molecule has 1 saturated heterocycles. The predicted octanol–water partition coefficient (Wildman–Crippen LogP) is 3.34. The van der Waals surface area contributed by atoms with Crippen molar-refractivity contribution >= 4 is 21.7 Å². The number of alkyl carbamates (subject to hydrolysis) is 1. The van der Waals surface area contributed by atoms with E-state index < -0.39 is 28.1 Å². The Balaban J connectivity index is 1.97. The van der Waals surface area contributed by atoms with Crippen molar-refractivity contribution in [2.24, 2.45) is 0 Å². The van der Waals surface area contributed by atoms with Crippen molar-refractivity contribution < 1.29 is 27.5 Å². The van der Waals surface area contributed by atoms with E-state index in [-0.39, 0.29) is 30.4 Å². The molecular formula is C25H32N2O6S. The lowest BCUT2D eigenvalue weighted by Gasteiger charge is -2.35. The first kappa shape index (κ1) is 25.7. The van der Waals surface area contributed by atoms with Crippen LogP contribution in [0.25, 0.3) is 0 Å². The quantitative estimate of drug-likeness (QED) is 0.404. The van der Waals surface area contributed by atoms with Crippen LogP contribution < -0.4 is 10.1 Å². The number of ketones is 1. The van der Waals surface area contributed by atoms with Crippen LogP contribution >= 0.6 is 0 Å². The summed E-state index contributed by atoms with van der Waals surface area (Å²) >= 11 is 0. The highest BCUT2D eigenvalue weighted by atomic mass is 32.2. The fraction of sp³-hybridized carbons (Fsp3) is 0.440. The monoisotopic (exact) mass is 488 g/mol. The number of carbonyl (C=O) groups excluding carboxylic acids is 2. The van der Waals surface area contributed by atoms with Gasteiger partial charge in [0.05, 0.1) is 24.7 Å². The second-order valence-corrected chi connectivity index (χ2v) is 10.5. The van der Waals surface area contributed by atoms with Crippen LogP contribution in [0.3, 0.4) is 0 Å². The first-order valence-corrected chi connectivity index (χ1v) is 13.3. The van der Waals surface area contributed by atoms with Gasteiger partial charge in [0, 0.05) is 18.2 Å². The number of hydrogen-bond donors (Lipinski definition) is 1. The van der Waals surface area contributed by atoms with Crippen LogP contribution in [0.1, 0.15) is 41.8 Å². The molecule has 1 fully saturated rings. The molecule has 34 heavy (non-hydrogen) atoms. The minimum Gasteiger partial charge on any atom is -0.494 e. The van der Waals surface area contributed by atoms with E-state index in [1.54, 1.807) is 24.0 Å². The molecule has 2 atom stereocenters. The van der Waals surface area contributed by atoms with Gasteiger partial charge in [-0.15, -0.1) is 0 Å². The standard InChI is InChI=1S/C25H32N2O6S/c1-4-32-22-12-8-19(9-13-22)16-27(21-14-15-34(30,31)17-21)24(26-25(29)33-5-2)23(28)20-10-6-18(3)7-11-20/h6-13,21,24H,4-5,14-17H2,1-3H3,(H,26,29). The summed E-state index contributed by atoms with van der Waals surface area (Å²) in [4.78, 5) is 27.8. The molecule has 0 aliphatic carbocycles. The molecule has 0 bridgehead atoms. The third-order valence-corrected chi connectivity index (χ3v) is 7.47. The average molecular weight is 489 g/mol. The Morgan fingerprint density at radius 3 is 2.29 bits per heavy atom. The van der Waals surface area contributed by atoms with E-state index in [2.05, 4.69) is 5.32 Å². The van der Waals surface area contributed by atoms with Gasteiger partial charge in [0.2, 0.25) is 0 Å². The fourth-order valence-electron chi connectivity index (χ4n) is 4.00. The molecule has 0 spiro atoms. The number of nitrogens with zero attached hydrogens (tertiary/aromatic N) is 1. The molecule has 3 rings (SSSR count). The predicted molar refractivity (Wildman–Crippen MR) is 130 cm³/mol. The van der Waals surface area contributed by atoms with Crippen molar-refractivity contribution in [3.05, 3.63) is 65.2 Å².